The molecular weight excluding hydrogens is 330 g/mol. The van der Waals surface area contributed by atoms with E-state index in [4.69, 9.17) is 10.4 Å². The first-order valence-corrected chi connectivity index (χ1v) is 8.39. The Morgan fingerprint density at radius 1 is 1.48 bits per heavy atom. The molecule has 0 saturated heterocycles. The molecule has 2 N–H and O–H groups in total. The zero-order chi connectivity index (χ0) is 15.2. The summed E-state index contributed by atoms with van der Waals surface area (Å²) in [5, 5.41) is 24.1. The van der Waals surface area contributed by atoms with Crippen LogP contribution in [0.1, 0.15) is 11.3 Å². The average Bonchev–Trinajstić information content (AvgIpc) is 3.05. The summed E-state index contributed by atoms with van der Waals surface area (Å²) in [5.41, 5.74) is 0.928. The first-order chi connectivity index (χ1) is 10.1. The number of aromatic nitrogens is 1. The highest BCUT2D eigenvalue weighted by molar-refractivity contribution is 8.01. The second-order valence-corrected chi connectivity index (χ2v) is 6.78. The van der Waals surface area contributed by atoms with Crippen molar-refractivity contribution in [3.63, 3.8) is 0 Å². The van der Waals surface area contributed by atoms with Gasteiger partial charge in [-0.2, -0.15) is 5.26 Å². The number of thioether (sulfide) groups is 1. The molecule has 2 aromatic rings. The number of hydrogen-bond donors (Lipinski definition) is 2. The maximum absolute atomic E-state index is 11.8. The van der Waals surface area contributed by atoms with E-state index in [2.05, 4.69) is 10.3 Å². The van der Waals surface area contributed by atoms with E-state index in [-0.39, 0.29) is 18.1 Å². The Kier molecular flexibility index (Phi) is 5.32. The van der Waals surface area contributed by atoms with Crippen molar-refractivity contribution in [2.45, 2.75) is 10.8 Å². The minimum atomic E-state index is -0.934. The van der Waals surface area contributed by atoms with E-state index in [1.54, 1.807) is 16.8 Å². The van der Waals surface area contributed by atoms with E-state index < -0.39 is 5.97 Å². The van der Waals surface area contributed by atoms with Crippen LogP contribution < -0.4 is 5.32 Å². The van der Waals surface area contributed by atoms with E-state index >= 15 is 0 Å². The Morgan fingerprint density at radius 3 is 3.00 bits per heavy atom. The number of amides is 1. The van der Waals surface area contributed by atoms with Gasteiger partial charge in [-0.05, 0) is 11.4 Å². The molecule has 0 bridgehead atoms. The molecule has 0 aliphatic heterocycles. The van der Waals surface area contributed by atoms with Gasteiger partial charge in [0.2, 0.25) is 5.91 Å². The second-order valence-electron chi connectivity index (χ2n) is 3.79. The van der Waals surface area contributed by atoms with Gasteiger partial charge >= 0.3 is 5.97 Å². The Hall–Kier alpha value is -1.89. The molecule has 2 heterocycles. The molecule has 108 valence electrons. The molecule has 0 aromatic carbocycles. The Balaban J connectivity index is 1.85. The SMILES string of the molecule is N#Cc1ccsc1NC(=O)CSc1nc(CC(=O)O)cs1. The molecule has 0 aliphatic rings. The molecule has 0 radical (unpaired) electrons. The normalized spacial score (nSPS) is 10.0. The molecule has 0 spiro atoms. The number of hydrogen-bond acceptors (Lipinski definition) is 7. The monoisotopic (exact) mass is 339 g/mol. The number of carbonyl (C=O) groups excluding carboxylic acids is 1. The van der Waals surface area contributed by atoms with Crippen molar-refractivity contribution in [2.75, 3.05) is 11.1 Å². The number of carbonyl (C=O) groups is 2. The van der Waals surface area contributed by atoms with Crippen molar-refractivity contribution in [2.24, 2.45) is 0 Å². The lowest BCUT2D eigenvalue weighted by molar-refractivity contribution is -0.136. The van der Waals surface area contributed by atoms with Crippen LogP contribution in [-0.4, -0.2) is 27.7 Å². The lowest BCUT2D eigenvalue weighted by atomic mass is 10.3. The van der Waals surface area contributed by atoms with Crippen LogP contribution in [-0.2, 0) is 16.0 Å². The van der Waals surface area contributed by atoms with Crippen molar-refractivity contribution in [3.05, 3.63) is 28.1 Å². The van der Waals surface area contributed by atoms with Crippen LogP contribution in [0, 0.1) is 11.3 Å². The van der Waals surface area contributed by atoms with Crippen LogP contribution in [0.2, 0.25) is 0 Å². The van der Waals surface area contributed by atoms with Crippen LogP contribution >= 0.6 is 34.4 Å². The third-order valence-corrected chi connectivity index (χ3v) is 5.13. The van der Waals surface area contributed by atoms with Crippen molar-refractivity contribution in [3.8, 4) is 6.07 Å². The summed E-state index contributed by atoms with van der Waals surface area (Å²) in [6, 6.07) is 3.64. The average molecular weight is 339 g/mol. The summed E-state index contributed by atoms with van der Waals surface area (Å²) in [6.07, 6.45) is -0.121. The Bertz CT molecular complexity index is 702. The smallest absolute Gasteiger partial charge is 0.309 e. The van der Waals surface area contributed by atoms with Gasteiger partial charge in [-0.3, -0.25) is 9.59 Å². The fourth-order valence-corrected chi connectivity index (χ4v) is 3.77. The number of aliphatic carboxylic acids is 1. The van der Waals surface area contributed by atoms with Crippen LogP contribution in [0.5, 0.6) is 0 Å². The zero-order valence-corrected chi connectivity index (χ0v) is 13.0. The topological polar surface area (TPSA) is 103 Å². The van der Waals surface area contributed by atoms with Crippen molar-refractivity contribution in [1.29, 1.82) is 5.26 Å². The zero-order valence-electron chi connectivity index (χ0n) is 10.5. The van der Waals surface area contributed by atoms with Crippen molar-refractivity contribution < 1.29 is 14.7 Å². The first kappa shape index (κ1) is 15.5. The van der Waals surface area contributed by atoms with Crippen LogP contribution in [0.15, 0.2) is 21.2 Å². The lowest BCUT2D eigenvalue weighted by Gasteiger charge is -2.01. The first-order valence-electron chi connectivity index (χ1n) is 5.65. The van der Waals surface area contributed by atoms with Crippen LogP contribution in [0.3, 0.4) is 0 Å². The van der Waals surface area contributed by atoms with E-state index in [0.717, 1.165) is 0 Å². The summed E-state index contributed by atoms with van der Waals surface area (Å²) in [6.45, 7) is 0. The third kappa shape index (κ3) is 4.56. The number of carboxylic acid groups (broad SMARTS) is 1. The molecule has 6 nitrogen and oxygen atoms in total. The summed E-state index contributed by atoms with van der Waals surface area (Å²) in [4.78, 5) is 26.5. The predicted octanol–water partition coefficient (Wildman–Crippen LogP) is 2.43. The van der Waals surface area contributed by atoms with Gasteiger partial charge in [-0.15, -0.1) is 22.7 Å². The number of thiazole rings is 1. The van der Waals surface area contributed by atoms with Gasteiger partial charge in [0.15, 0.2) is 4.34 Å². The van der Waals surface area contributed by atoms with E-state index in [1.807, 2.05) is 6.07 Å². The van der Waals surface area contributed by atoms with E-state index in [1.165, 1.54) is 34.4 Å². The molecule has 0 aliphatic carbocycles. The van der Waals surface area contributed by atoms with Gasteiger partial charge in [0.1, 0.15) is 11.1 Å². The molecule has 9 heteroatoms. The van der Waals surface area contributed by atoms with Crippen LogP contribution in [0.25, 0.3) is 0 Å². The largest absolute Gasteiger partial charge is 0.481 e. The minimum absolute atomic E-state index is 0.121. The molecule has 0 atom stereocenters. The van der Waals surface area contributed by atoms with Crippen LogP contribution in [0.4, 0.5) is 5.00 Å². The number of nitriles is 1. The maximum Gasteiger partial charge on any atom is 0.309 e. The fraction of sp³-hybridized carbons (Fsp3) is 0.167. The van der Waals surface area contributed by atoms with Crippen molar-refractivity contribution in [1.82, 2.24) is 4.98 Å². The fourth-order valence-electron chi connectivity index (χ4n) is 1.37. The predicted molar refractivity (Wildman–Crippen MR) is 81.8 cm³/mol. The quantitative estimate of drug-likeness (QED) is 0.784. The van der Waals surface area contributed by atoms with Crippen molar-refractivity contribution >= 4 is 51.3 Å². The summed E-state index contributed by atoms with van der Waals surface area (Å²) >= 11 is 3.84. The third-order valence-electron chi connectivity index (χ3n) is 2.23. The Morgan fingerprint density at radius 2 is 2.29 bits per heavy atom. The molecular formula is C12H9N3O3S3. The van der Waals surface area contributed by atoms with E-state index in [9.17, 15) is 9.59 Å². The van der Waals surface area contributed by atoms with Gasteiger partial charge in [0.25, 0.3) is 0 Å². The number of carboxylic acids is 1. The summed E-state index contributed by atoms with van der Waals surface area (Å²) in [7, 11) is 0. The van der Waals surface area contributed by atoms with E-state index in [0.29, 0.717) is 20.6 Å². The second kappa shape index (κ2) is 7.21. The molecule has 0 unspecified atom stereocenters. The molecule has 21 heavy (non-hydrogen) atoms. The van der Waals surface area contributed by atoms with Gasteiger partial charge < -0.3 is 10.4 Å². The molecule has 0 saturated carbocycles. The number of anilines is 1. The van der Waals surface area contributed by atoms with Gasteiger partial charge in [-0.1, -0.05) is 11.8 Å². The summed E-state index contributed by atoms with van der Waals surface area (Å²) in [5.74, 6) is -1.01. The molecule has 2 rings (SSSR count). The number of rotatable bonds is 6. The highest BCUT2D eigenvalue weighted by Gasteiger charge is 2.11. The molecule has 2 aromatic heterocycles. The van der Waals surface area contributed by atoms with Gasteiger partial charge in [-0.25, -0.2) is 4.98 Å². The lowest BCUT2D eigenvalue weighted by Crippen LogP contribution is -2.13. The summed E-state index contributed by atoms with van der Waals surface area (Å²) < 4.78 is 0.646. The number of thiophene rings is 1. The highest BCUT2D eigenvalue weighted by atomic mass is 32.2. The Labute approximate surface area is 132 Å². The standard InChI is InChI=1S/C12H9N3O3S3/c13-4-7-1-2-19-11(7)15-9(16)6-21-12-14-8(5-20-12)3-10(17)18/h1-2,5H,3,6H2,(H,15,16)(H,17,18). The number of nitrogens with one attached hydrogen (secondary N) is 1. The molecule has 1 amide bonds. The van der Waals surface area contributed by atoms with Gasteiger partial charge in [0, 0.05) is 5.38 Å². The molecule has 0 fully saturated rings. The highest BCUT2D eigenvalue weighted by Crippen LogP contribution is 2.25. The number of nitrogens with zero attached hydrogens (tertiary/aromatic N) is 2. The maximum atomic E-state index is 11.8. The van der Waals surface area contributed by atoms with Gasteiger partial charge in [0.05, 0.1) is 23.4 Å². The minimum Gasteiger partial charge on any atom is -0.481 e.